The highest BCUT2D eigenvalue weighted by molar-refractivity contribution is 6.34. The lowest BCUT2D eigenvalue weighted by atomic mass is 10.2. The summed E-state index contributed by atoms with van der Waals surface area (Å²) in [5.74, 6) is 1.01. The molecule has 1 fully saturated rings. The molecule has 0 aliphatic carbocycles. The van der Waals surface area contributed by atoms with E-state index in [9.17, 15) is 0 Å². The van der Waals surface area contributed by atoms with E-state index in [1.807, 2.05) is 18.2 Å². The molecule has 1 aliphatic heterocycles. The molecule has 0 spiro atoms. The molecule has 2 N–H and O–H groups in total. The second-order valence-corrected chi connectivity index (χ2v) is 4.31. The average molecular weight is 222 g/mol. The predicted octanol–water partition coefficient (Wildman–Crippen LogP) is 2.64. The molecule has 0 saturated carbocycles. The normalized spacial score (nSPS) is 21.3. The number of imidazole rings is 1. The third kappa shape index (κ3) is 1.52. The molecule has 0 unspecified atom stereocenters. The van der Waals surface area contributed by atoms with E-state index < -0.39 is 0 Å². The Morgan fingerprint density at radius 3 is 3.07 bits per heavy atom. The summed E-state index contributed by atoms with van der Waals surface area (Å²) in [5.41, 5.74) is 1.90. The summed E-state index contributed by atoms with van der Waals surface area (Å²) in [6.45, 7) is 1.08. The molecule has 2 heterocycles. The molecule has 0 bridgehead atoms. The number of hydrogen-bond donors (Lipinski definition) is 2. The van der Waals surface area contributed by atoms with Crippen LogP contribution in [0.2, 0.25) is 5.02 Å². The van der Waals surface area contributed by atoms with Gasteiger partial charge in [0.2, 0.25) is 0 Å². The molecule has 3 rings (SSSR count). The molecule has 4 heteroatoms. The van der Waals surface area contributed by atoms with Gasteiger partial charge in [-0.3, -0.25) is 0 Å². The molecule has 1 saturated heterocycles. The van der Waals surface area contributed by atoms with E-state index in [4.69, 9.17) is 11.6 Å². The van der Waals surface area contributed by atoms with E-state index in [1.54, 1.807) is 0 Å². The van der Waals surface area contributed by atoms with Crippen LogP contribution in [0.1, 0.15) is 24.7 Å². The highest BCUT2D eigenvalue weighted by Gasteiger charge is 2.19. The van der Waals surface area contributed by atoms with Gasteiger partial charge in [-0.15, -0.1) is 0 Å². The van der Waals surface area contributed by atoms with Crippen molar-refractivity contribution in [2.75, 3.05) is 6.54 Å². The van der Waals surface area contributed by atoms with Crippen LogP contribution in [-0.4, -0.2) is 16.5 Å². The van der Waals surface area contributed by atoms with Gasteiger partial charge in [-0.2, -0.15) is 0 Å². The Balaban J connectivity index is 2.09. The monoisotopic (exact) mass is 221 g/mol. The third-order valence-corrected chi connectivity index (χ3v) is 3.18. The first-order valence-electron chi connectivity index (χ1n) is 5.22. The van der Waals surface area contributed by atoms with Crippen LogP contribution in [0, 0.1) is 0 Å². The number of hydrogen-bond acceptors (Lipinski definition) is 2. The van der Waals surface area contributed by atoms with Gasteiger partial charge in [-0.05, 0) is 31.5 Å². The second-order valence-electron chi connectivity index (χ2n) is 3.91. The molecule has 1 aliphatic rings. The molecular weight excluding hydrogens is 210 g/mol. The number of benzene rings is 1. The van der Waals surface area contributed by atoms with Crippen LogP contribution in [0.3, 0.4) is 0 Å². The predicted molar refractivity (Wildman–Crippen MR) is 61.1 cm³/mol. The number of rotatable bonds is 1. The largest absolute Gasteiger partial charge is 0.341 e. The fourth-order valence-corrected chi connectivity index (χ4v) is 2.32. The molecule has 1 aromatic heterocycles. The van der Waals surface area contributed by atoms with Crippen molar-refractivity contribution >= 4 is 22.6 Å². The number of nitrogens with zero attached hydrogens (tertiary/aromatic N) is 1. The number of para-hydroxylation sites is 1. The van der Waals surface area contributed by atoms with Gasteiger partial charge in [0.25, 0.3) is 0 Å². The number of aromatic nitrogens is 2. The summed E-state index contributed by atoms with van der Waals surface area (Å²) >= 11 is 6.07. The number of aromatic amines is 1. The topological polar surface area (TPSA) is 40.7 Å². The maximum Gasteiger partial charge on any atom is 0.124 e. The quantitative estimate of drug-likeness (QED) is 0.777. The van der Waals surface area contributed by atoms with Gasteiger partial charge in [0.15, 0.2) is 0 Å². The number of H-pyrrole nitrogens is 1. The van der Waals surface area contributed by atoms with Gasteiger partial charge >= 0.3 is 0 Å². The van der Waals surface area contributed by atoms with Crippen molar-refractivity contribution in [1.82, 2.24) is 15.3 Å². The molecule has 1 atom stereocenters. The summed E-state index contributed by atoms with van der Waals surface area (Å²) in [4.78, 5) is 7.86. The van der Waals surface area contributed by atoms with Crippen LogP contribution in [0.5, 0.6) is 0 Å². The zero-order chi connectivity index (χ0) is 10.3. The first kappa shape index (κ1) is 9.19. The van der Waals surface area contributed by atoms with E-state index in [0.29, 0.717) is 11.1 Å². The van der Waals surface area contributed by atoms with Crippen molar-refractivity contribution in [2.45, 2.75) is 18.9 Å². The van der Waals surface area contributed by atoms with E-state index in [2.05, 4.69) is 15.3 Å². The third-order valence-electron chi connectivity index (χ3n) is 2.87. The van der Waals surface area contributed by atoms with Gasteiger partial charge in [0.1, 0.15) is 11.3 Å². The van der Waals surface area contributed by atoms with Crippen molar-refractivity contribution in [3.8, 4) is 0 Å². The number of nitrogens with one attached hydrogen (secondary N) is 2. The summed E-state index contributed by atoms with van der Waals surface area (Å²) < 4.78 is 0. The summed E-state index contributed by atoms with van der Waals surface area (Å²) in [6.07, 6.45) is 2.37. The van der Waals surface area contributed by atoms with Gasteiger partial charge in [0.05, 0.1) is 16.6 Å². The minimum absolute atomic E-state index is 0.369. The molecule has 0 amide bonds. The first-order chi connectivity index (χ1) is 7.34. The lowest BCUT2D eigenvalue weighted by Crippen LogP contribution is -2.13. The molecule has 1 aromatic carbocycles. The van der Waals surface area contributed by atoms with Crippen LogP contribution in [-0.2, 0) is 0 Å². The maximum atomic E-state index is 6.07. The van der Waals surface area contributed by atoms with Crippen molar-refractivity contribution < 1.29 is 0 Å². The Kier molecular flexibility index (Phi) is 2.15. The zero-order valence-corrected chi connectivity index (χ0v) is 9.01. The van der Waals surface area contributed by atoms with Crippen molar-refractivity contribution in [1.29, 1.82) is 0 Å². The standard InChI is InChI=1S/C11H12ClN3/c12-7-3-1-4-8-10(7)15-11(14-8)9-5-2-6-13-9/h1,3-4,9,13H,2,5-6H2,(H,14,15)/t9-/m0/s1. The fourth-order valence-electron chi connectivity index (χ4n) is 2.10. The van der Waals surface area contributed by atoms with Gasteiger partial charge < -0.3 is 10.3 Å². The van der Waals surface area contributed by atoms with Crippen LogP contribution >= 0.6 is 11.6 Å². The average Bonchev–Trinajstić information content (AvgIpc) is 2.86. The molecule has 78 valence electrons. The number of fused-ring (bicyclic) bond motifs is 1. The van der Waals surface area contributed by atoms with Crippen LogP contribution in [0.15, 0.2) is 18.2 Å². The Morgan fingerprint density at radius 2 is 2.33 bits per heavy atom. The van der Waals surface area contributed by atoms with Gasteiger partial charge in [-0.25, -0.2) is 4.98 Å². The lowest BCUT2D eigenvalue weighted by molar-refractivity contribution is 0.614. The van der Waals surface area contributed by atoms with Gasteiger partial charge in [-0.1, -0.05) is 17.7 Å². The molecular formula is C11H12ClN3. The van der Waals surface area contributed by atoms with E-state index in [1.165, 1.54) is 6.42 Å². The zero-order valence-electron chi connectivity index (χ0n) is 8.26. The smallest absolute Gasteiger partial charge is 0.124 e. The molecule has 15 heavy (non-hydrogen) atoms. The minimum Gasteiger partial charge on any atom is -0.341 e. The minimum atomic E-state index is 0.369. The molecule has 0 radical (unpaired) electrons. The highest BCUT2D eigenvalue weighted by atomic mass is 35.5. The van der Waals surface area contributed by atoms with Gasteiger partial charge in [0, 0.05) is 0 Å². The highest BCUT2D eigenvalue weighted by Crippen LogP contribution is 2.26. The summed E-state index contributed by atoms with van der Waals surface area (Å²) in [5, 5.41) is 4.13. The Hall–Kier alpha value is -1.06. The van der Waals surface area contributed by atoms with Crippen molar-refractivity contribution in [3.05, 3.63) is 29.0 Å². The second kappa shape index (κ2) is 3.51. The van der Waals surface area contributed by atoms with Crippen LogP contribution < -0.4 is 5.32 Å². The van der Waals surface area contributed by atoms with Crippen molar-refractivity contribution in [3.63, 3.8) is 0 Å². The maximum absolute atomic E-state index is 6.07. The summed E-state index contributed by atoms with van der Waals surface area (Å²) in [6, 6.07) is 6.19. The Morgan fingerprint density at radius 1 is 1.40 bits per heavy atom. The van der Waals surface area contributed by atoms with E-state index in [0.717, 1.165) is 29.8 Å². The van der Waals surface area contributed by atoms with E-state index in [-0.39, 0.29) is 0 Å². The molecule has 2 aromatic rings. The number of halogens is 1. The van der Waals surface area contributed by atoms with Crippen LogP contribution in [0.4, 0.5) is 0 Å². The fraction of sp³-hybridized carbons (Fsp3) is 0.364. The van der Waals surface area contributed by atoms with Crippen LogP contribution in [0.25, 0.3) is 11.0 Å². The lowest BCUT2D eigenvalue weighted by Gasteiger charge is -2.04. The SMILES string of the molecule is Clc1cccc2[nH]c([C@@H]3CCCN3)nc12. The van der Waals surface area contributed by atoms with E-state index >= 15 is 0 Å². The first-order valence-corrected chi connectivity index (χ1v) is 5.60. The Labute approximate surface area is 92.8 Å². The Bertz CT molecular complexity index is 486. The van der Waals surface area contributed by atoms with Crippen molar-refractivity contribution in [2.24, 2.45) is 0 Å². The molecule has 3 nitrogen and oxygen atoms in total. The summed E-state index contributed by atoms with van der Waals surface area (Å²) in [7, 11) is 0.